The van der Waals surface area contributed by atoms with Crippen molar-refractivity contribution in [3.8, 4) is 0 Å². The smallest absolute Gasteiger partial charge is 0.404 e. The molecule has 1 aromatic rings. The molecule has 2 atom stereocenters. The predicted molar refractivity (Wildman–Crippen MR) is 86.6 cm³/mol. The SMILES string of the molecule is C[C@@H](CC[C@@H](CN1C(=O)c2ccccc2C1=O)NC(=O)O)NC(=O)O. The molecular formula is C16H19N3O6. The highest BCUT2D eigenvalue weighted by Crippen LogP contribution is 2.23. The molecule has 0 saturated heterocycles. The van der Waals surface area contributed by atoms with Gasteiger partial charge in [-0.25, -0.2) is 9.59 Å². The van der Waals surface area contributed by atoms with Crippen LogP contribution in [0.4, 0.5) is 9.59 Å². The van der Waals surface area contributed by atoms with Crippen LogP contribution in [0.5, 0.6) is 0 Å². The molecule has 134 valence electrons. The van der Waals surface area contributed by atoms with Crippen molar-refractivity contribution >= 4 is 24.0 Å². The van der Waals surface area contributed by atoms with Gasteiger partial charge in [0.15, 0.2) is 0 Å². The number of nitrogens with one attached hydrogen (secondary N) is 2. The van der Waals surface area contributed by atoms with E-state index in [0.29, 0.717) is 17.5 Å². The lowest BCUT2D eigenvalue weighted by Gasteiger charge is -2.23. The van der Waals surface area contributed by atoms with Gasteiger partial charge in [0.1, 0.15) is 0 Å². The minimum absolute atomic E-state index is 0.113. The van der Waals surface area contributed by atoms with E-state index in [1.807, 2.05) is 0 Å². The summed E-state index contributed by atoms with van der Waals surface area (Å²) < 4.78 is 0. The summed E-state index contributed by atoms with van der Waals surface area (Å²) in [6.07, 6.45) is -1.84. The van der Waals surface area contributed by atoms with E-state index >= 15 is 0 Å². The van der Waals surface area contributed by atoms with Gasteiger partial charge in [-0.1, -0.05) is 12.1 Å². The van der Waals surface area contributed by atoms with Crippen LogP contribution in [0.15, 0.2) is 24.3 Å². The summed E-state index contributed by atoms with van der Waals surface area (Å²) in [6, 6.07) is 5.32. The van der Waals surface area contributed by atoms with E-state index in [4.69, 9.17) is 10.2 Å². The van der Waals surface area contributed by atoms with Gasteiger partial charge in [0.05, 0.1) is 17.2 Å². The third-order valence-electron chi connectivity index (χ3n) is 3.93. The highest BCUT2D eigenvalue weighted by Gasteiger charge is 2.36. The Morgan fingerprint density at radius 3 is 2.00 bits per heavy atom. The Labute approximate surface area is 143 Å². The first-order valence-corrected chi connectivity index (χ1v) is 7.73. The molecular weight excluding hydrogens is 330 g/mol. The maximum absolute atomic E-state index is 12.4. The molecule has 4 amide bonds. The monoisotopic (exact) mass is 349 g/mol. The molecule has 0 radical (unpaired) electrons. The van der Waals surface area contributed by atoms with Crippen molar-refractivity contribution in [1.82, 2.24) is 15.5 Å². The van der Waals surface area contributed by atoms with Gasteiger partial charge in [-0.15, -0.1) is 0 Å². The molecule has 1 aromatic carbocycles. The minimum atomic E-state index is -1.28. The van der Waals surface area contributed by atoms with Crippen LogP contribution in [0.1, 0.15) is 40.5 Å². The number of carbonyl (C=O) groups excluding carboxylic acids is 2. The van der Waals surface area contributed by atoms with Gasteiger partial charge in [-0.05, 0) is 31.9 Å². The lowest BCUT2D eigenvalue weighted by atomic mass is 10.1. The van der Waals surface area contributed by atoms with Crippen LogP contribution in [0.25, 0.3) is 0 Å². The quantitative estimate of drug-likeness (QED) is 0.549. The highest BCUT2D eigenvalue weighted by atomic mass is 16.4. The molecule has 1 heterocycles. The predicted octanol–water partition coefficient (Wildman–Crippen LogP) is 1.36. The van der Waals surface area contributed by atoms with Crippen LogP contribution in [0.2, 0.25) is 0 Å². The van der Waals surface area contributed by atoms with Crippen LogP contribution in [0.3, 0.4) is 0 Å². The van der Waals surface area contributed by atoms with Gasteiger partial charge in [-0.3, -0.25) is 14.5 Å². The number of benzene rings is 1. The van der Waals surface area contributed by atoms with Gasteiger partial charge in [0, 0.05) is 12.6 Å². The average molecular weight is 349 g/mol. The molecule has 0 fully saturated rings. The number of nitrogens with zero attached hydrogens (tertiary/aromatic N) is 1. The standard InChI is InChI=1S/C16H19N3O6/c1-9(17-15(22)23)6-7-10(18-16(24)25)8-19-13(20)11-4-2-3-5-12(11)14(19)21/h2-5,9-10,17-18H,6-8H2,1H3,(H,22,23)(H,24,25)/t9-,10-/m0/s1. The molecule has 25 heavy (non-hydrogen) atoms. The van der Waals surface area contributed by atoms with Crippen LogP contribution in [0, 0.1) is 0 Å². The topological polar surface area (TPSA) is 136 Å². The summed E-state index contributed by atoms with van der Waals surface area (Å²) in [5.74, 6) is -0.927. The molecule has 9 heteroatoms. The molecule has 0 unspecified atom stereocenters. The molecule has 9 nitrogen and oxygen atoms in total. The molecule has 0 aromatic heterocycles. The molecule has 2 rings (SSSR count). The second kappa shape index (κ2) is 7.65. The van der Waals surface area contributed by atoms with Crippen LogP contribution >= 0.6 is 0 Å². The molecule has 0 aliphatic carbocycles. The molecule has 1 aliphatic rings. The Hall–Kier alpha value is -3.10. The largest absolute Gasteiger partial charge is 0.465 e. The zero-order chi connectivity index (χ0) is 18.6. The Kier molecular flexibility index (Phi) is 5.58. The molecule has 1 aliphatic heterocycles. The summed E-state index contributed by atoms with van der Waals surface area (Å²) in [4.78, 5) is 47.3. The lowest BCUT2D eigenvalue weighted by Crippen LogP contribution is -2.46. The summed E-state index contributed by atoms with van der Waals surface area (Å²) in [7, 11) is 0. The van der Waals surface area contributed by atoms with Crippen molar-refractivity contribution in [3.05, 3.63) is 35.4 Å². The Bertz CT molecular complexity index is 670. The van der Waals surface area contributed by atoms with Crippen LogP contribution < -0.4 is 10.6 Å². The molecule has 0 saturated carbocycles. The van der Waals surface area contributed by atoms with E-state index in [-0.39, 0.29) is 13.0 Å². The summed E-state index contributed by atoms with van der Waals surface area (Å²) in [5.41, 5.74) is 0.588. The number of carbonyl (C=O) groups is 4. The maximum atomic E-state index is 12.4. The molecule has 0 bridgehead atoms. The van der Waals surface area contributed by atoms with E-state index < -0.39 is 36.1 Å². The van der Waals surface area contributed by atoms with Gasteiger partial charge in [0.2, 0.25) is 0 Å². The summed E-state index contributed by atoms with van der Waals surface area (Å²) in [5, 5.41) is 22.2. The molecule has 0 spiro atoms. The van der Waals surface area contributed by atoms with Crippen molar-refractivity contribution in [2.75, 3.05) is 6.54 Å². The Morgan fingerprint density at radius 2 is 1.52 bits per heavy atom. The van der Waals surface area contributed by atoms with E-state index in [1.165, 1.54) is 0 Å². The lowest BCUT2D eigenvalue weighted by molar-refractivity contribution is 0.0633. The second-order valence-corrected chi connectivity index (χ2v) is 5.84. The third kappa shape index (κ3) is 4.46. The van der Waals surface area contributed by atoms with Gasteiger partial charge in [-0.2, -0.15) is 0 Å². The number of imide groups is 1. The Morgan fingerprint density at radius 1 is 1.00 bits per heavy atom. The number of carboxylic acid groups (broad SMARTS) is 2. The van der Waals surface area contributed by atoms with E-state index in [0.717, 1.165) is 4.90 Å². The van der Waals surface area contributed by atoms with E-state index in [1.54, 1.807) is 31.2 Å². The van der Waals surface area contributed by atoms with Gasteiger partial charge < -0.3 is 20.8 Å². The fourth-order valence-electron chi connectivity index (χ4n) is 2.74. The summed E-state index contributed by atoms with van der Waals surface area (Å²) >= 11 is 0. The van der Waals surface area contributed by atoms with Crippen LogP contribution in [-0.2, 0) is 0 Å². The number of hydrogen-bond acceptors (Lipinski definition) is 4. The van der Waals surface area contributed by atoms with E-state index in [2.05, 4.69) is 10.6 Å². The highest BCUT2D eigenvalue weighted by molar-refractivity contribution is 6.21. The van der Waals surface area contributed by atoms with Crippen molar-refractivity contribution in [3.63, 3.8) is 0 Å². The van der Waals surface area contributed by atoms with Crippen molar-refractivity contribution < 1.29 is 29.4 Å². The van der Waals surface area contributed by atoms with Crippen LogP contribution in [-0.4, -0.2) is 57.7 Å². The second-order valence-electron chi connectivity index (χ2n) is 5.84. The summed E-state index contributed by atoms with van der Waals surface area (Å²) in [6.45, 7) is 1.53. The fourth-order valence-corrected chi connectivity index (χ4v) is 2.74. The first-order chi connectivity index (χ1) is 11.8. The van der Waals surface area contributed by atoms with Crippen molar-refractivity contribution in [2.24, 2.45) is 0 Å². The first-order valence-electron chi connectivity index (χ1n) is 7.73. The number of fused-ring (bicyclic) bond motifs is 1. The maximum Gasteiger partial charge on any atom is 0.404 e. The minimum Gasteiger partial charge on any atom is -0.465 e. The first kappa shape index (κ1) is 18.2. The number of rotatable bonds is 7. The fraction of sp³-hybridized carbons (Fsp3) is 0.375. The van der Waals surface area contributed by atoms with Gasteiger partial charge >= 0.3 is 12.2 Å². The zero-order valence-electron chi connectivity index (χ0n) is 13.6. The number of hydrogen-bond donors (Lipinski definition) is 4. The normalized spacial score (nSPS) is 15.5. The Balaban J connectivity index is 2.05. The van der Waals surface area contributed by atoms with Crippen molar-refractivity contribution in [2.45, 2.75) is 31.8 Å². The molecule has 4 N–H and O–H groups in total. The van der Waals surface area contributed by atoms with Gasteiger partial charge in [0.25, 0.3) is 11.8 Å². The average Bonchev–Trinajstić information content (AvgIpc) is 2.77. The number of amides is 4. The third-order valence-corrected chi connectivity index (χ3v) is 3.93. The van der Waals surface area contributed by atoms with Crippen molar-refractivity contribution in [1.29, 1.82) is 0 Å². The van der Waals surface area contributed by atoms with E-state index in [9.17, 15) is 19.2 Å². The zero-order valence-corrected chi connectivity index (χ0v) is 13.6.